The Balaban J connectivity index is 2.65. The molecule has 0 bridgehead atoms. The third kappa shape index (κ3) is 2.79. The van der Waals surface area contributed by atoms with Gasteiger partial charge < -0.3 is 10.5 Å². The number of hydrogen-bond acceptors (Lipinski definition) is 3. The van der Waals surface area contributed by atoms with Crippen molar-refractivity contribution in [1.82, 2.24) is 9.78 Å². The highest BCUT2D eigenvalue weighted by atomic mass is 16.5. The molecule has 0 fully saturated rings. The van der Waals surface area contributed by atoms with Crippen molar-refractivity contribution in [3.63, 3.8) is 0 Å². The van der Waals surface area contributed by atoms with E-state index in [2.05, 4.69) is 12.0 Å². The van der Waals surface area contributed by atoms with Crippen LogP contribution in [-0.2, 0) is 18.2 Å². The highest BCUT2D eigenvalue weighted by Crippen LogP contribution is 2.20. The van der Waals surface area contributed by atoms with E-state index < -0.39 is 0 Å². The summed E-state index contributed by atoms with van der Waals surface area (Å²) in [5.41, 5.74) is 6.89. The molecule has 2 atom stereocenters. The lowest BCUT2D eigenvalue weighted by Gasteiger charge is -2.32. The van der Waals surface area contributed by atoms with E-state index in [0.29, 0.717) is 0 Å². The Morgan fingerprint density at radius 3 is 2.73 bits per heavy atom. The van der Waals surface area contributed by atoms with Crippen LogP contribution in [0.5, 0.6) is 0 Å². The quantitative estimate of drug-likeness (QED) is 0.793. The molecule has 2 unspecified atom stereocenters. The standard InChI is InChI=1S/C11H21N3O/c1-5-11(2,15-4)10(12)8-9-6-7-14(3)13-9/h6-7,10H,5,8,12H2,1-4H3. The van der Waals surface area contributed by atoms with E-state index in [9.17, 15) is 0 Å². The van der Waals surface area contributed by atoms with E-state index in [0.717, 1.165) is 18.5 Å². The number of nitrogens with two attached hydrogens (primary N) is 1. The first-order valence-corrected chi connectivity index (χ1v) is 5.31. The molecule has 0 saturated heterocycles. The van der Waals surface area contributed by atoms with Crippen molar-refractivity contribution in [2.24, 2.45) is 12.8 Å². The molecule has 4 nitrogen and oxygen atoms in total. The van der Waals surface area contributed by atoms with Crippen LogP contribution in [0, 0.1) is 0 Å². The van der Waals surface area contributed by atoms with Crippen molar-refractivity contribution in [2.45, 2.75) is 38.3 Å². The van der Waals surface area contributed by atoms with Gasteiger partial charge in [-0.25, -0.2) is 0 Å². The number of nitrogens with zero attached hydrogens (tertiary/aromatic N) is 2. The van der Waals surface area contributed by atoms with Crippen molar-refractivity contribution in [2.75, 3.05) is 7.11 Å². The second-order valence-corrected chi connectivity index (χ2v) is 4.16. The van der Waals surface area contributed by atoms with E-state index in [-0.39, 0.29) is 11.6 Å². The zero-order chi connectivity index (χ0) is 11.5. The fraction of sp³-hybridized carbons (Fsp3) is 0.727. The molecular formula is C11H21N3O. The number of aromatic nitrogens is 2. The first kappa shape index (κ1) is 12.2. The largest absolute Gasteiger partial charge is 0.377 e. The zero-order valence-electron chi connectivity index (χ0n) is 10.0. The maximum atomic E-state index is 6.14. The molecule has 86 valence electrons. The molecule has 0 aliphatic carbocycles. The molecule has 0 radical (unpaired) electrons. The van der Waals surface area contributed by atoms with Gasteiger partial charge in [-0.3, -0.25) is 4.68 Å². The van der Waals surface area contributed by atoms with Gasteiger partial charge in [0.25, 0.3) is 0 Å². The molecule has 15 heavy (non-hydrogen) atoms. The van der Waals surface area contributed by atoms with Crippen molar-refractivity contribution in [1.29, 1.82) is 0 Å². The fourth-order valence-electron chi connectivity index (χ4n) is 1.57. The lowest BCUT2D eigenvalue weighted by molar-refractivity contribution is -0.0187. The summed E-state index contributed by atoms with van der Waals surface area (Å²) < 4.78 is 7.26. The third-order valence-electron chi connectivity index (χ3n) is 3.15. The van der Waals surface area contributed by atoms with Crippen LogP contribution in [0.1, 0.15) is 26.0 Å². The minimum Gasteiger partial charge on any atom is -0.377 e. The minimum absolute atomic E-state index is 0.0256. The number of rotatable bonds is 5. The molecule has 2 N–H and O–H groups in total. The van der Waals surface area contributed by atoms with Gasteiger partial charge in [-0.2, -0.15) is 5.10 Å². The van der Waals surface area contributed by atoms with Gasteiger partial charge in [0, 0.05) is 32.8 Å². The zero-order valence-corrected chi connectivity index (χ0v) is 10.0. The summed E-state index contributed by atoms with van der Waals surface area (Å²) in [6.07, 6.45) is 3.58. The van der Waals surface area contributed by atoms with Crippen LogP contribution in [0.15, 0.2) is 12.3 Å². The summed E-state index contributed by atoms with van der Waals surface area (Å²) in [6.45, 7) is 4.13. The molecular weight excluding hydrogens is 190 g/mol. The molecule has 0 saturated carbocycles. The SMILES string of the molecule is CCC(C)(OC)C(N)Cc1ccn(C)n1. The average Bonchev–Trinajstić information content (AvgIpc) is 2.62. The molecule has 1 rings (SSSR count). The van der Waals surface area contributed by atoms with Crippen LogP contribution in [0.2, 0.25) is 0 Å². The van der Waals surface area contributed by atoms with Gasteiger partial charge in [0.2, 0.25) is 0 Å². The number of ether oxygens (including phenoxy) is 1. The topological polar surface area (TPSA) is 53.1 Å². The van der Waals surface area contributed by atoms with Gasteiger partial charge in [-0.15, -0.1) is 0 Å². The highest BCUT2D eigenvalue weighted by Gasteiger charge is 2.30. The average molecular weight is 211 g/mol. The minimum atomic E-state index is -0.266. The van der Waals surface area contributed by atoms with E-state index in [1.54, 1.807) is 11.8 Å². The third-order valence-corrected chi connectivity index (χ3v) is 3.15. The number of aryl methyl sites for hydroxylation is 1. The summed E-state index contributed by atoms with van der Waals surface area (Å²) in [6, 6.07) is 1.97. The Morgan fingerprint density at radius 1 is 1.67 bits per heavy atom. The summed E-state index contributed by atoms with van der Waals surface area (Å²) in [4.78, 5) is 0. The van der Waals surface area contributed by atoms with Gasteiger partial charge in [0.15, 0.2) is 0 Å². The van der Waals surface area contributed by atoms with Crippen molar-refractivity contribution in [3.8, 4) is 0 Å². The highest BCUT2D eigenvalue weighted by molar-refractivity contribution is 5.04. The Morgan fingerprint density at radius 2 is 2.33 bits per heavy atom. The van der Waals surface area contributed by atoms with Gasteiger partial charge >= 0.3 is 0 Å². The van der Waals surface area contributed by atoms with E-state index in [1.165, 1.54) is 0 Å². The molecule has 0 spiro atoms. The van der Waals surface area contributed by atoms with Gasteiger partial charge in [-0.05, 0) is 19.4 Å². The maximum Gasteiger partial charge on any atom is 0.0802 e. The lowest BCUT2D eigenvalue weighted by atomic mass is 9.90. The summed E-state index contributed by atoms with van der Waals surface area (Å²) in [7, 11) is 3.62. The van der Waals surface area contributed by atoms with Gasteiger partial charge in [-0.1, -0.05) is 6.92 Å². The normalized spacial score (nSPS) is 17.4. The molecule has 0 aliphatic rings. The van der Waals surface area contributed by atoms with Gasteiger partial charge in [0.1, 0.15) is 0 Å². The van der Waals surface area contributed by atoms with Crippen LogP contribution in [0.4, 0.5) is 0 Å². The Kier molecular flexibility index (Phi) is 3.88. The van der Waals surface area contributed by atoms with Crippen molar-refractivity contribution >= 4 is 0 Å². The van der Waals surface area contributed by atoms with Crippen LogP contribution in [0.25, 0.3) is 0 Å². The second kappa shape index (κ2) is 4.77. The molecule has 0 aliphatic heterocycles. The smallest absolute Gasteiger partial charge is 0.0802 e. The summed E-state index contributed by atoms with van der Waals surface area (Å²) >= 11 is 0. The molecule has 1 heterocycles. The van der Waals surface area contributed by atoms with Crippen molar-refractivity contribution < 1.29 is 4.74 Å². The van der Waals surface area contributed by atoms with E-state index >= 15 is 0 Å². The molecule has 4 heteroatoms. The van der Waals surface area contributed by atoms with Crippen LogP contribution in [-0.4, -0.2) is 28.5 Å². The summed E-state index contributed by atoms with van der Waals surface area (Å²) in [5.74, 6) is 0. The summed E-state index contributed by atoms with van der Waals surface area (Å²) in [5, 5.41) is 4.31. The van der Waals surface area contributed by atoms with E-state index in [4.69, 9.17) is 10.5 Å². The fourth-order valence-corrected chi connectivity index (χ4v) is 1.57. The molecule has 1 aromatic heterocycles. The maximum absolute atomic E-state index is 6.14. The predicted octanol–water partition coefficient (Wildman–Crippen LogP) is 1.10. The van der Waals surface area contributed by atoms with E-state index in [1.807, 2.05) is 26.2 Å². The number of methoxy groups -OCH3 is 1. The second-order valence-electron chi connectivity index (χ2n) is 4.16. The predicted molar refractivity (Wildman–Crippen MR) is 60.6 cm³/mol. The monoisotopic (exact) mass is 211 g/mol. The lowest BCUT2D eigenvalue weighted by Crippen LogP contribution is -2.48. The molecule has 0 aromatic carbocycles. The Bertz CT molecular complexity index is 305. The van der Waals surface area contributed by atoms with Crippen LogP contribution < -0.4 is 5.73 Å². The Labute approximate surface area is 91.4 Å². The van der Waals surface area contributed by atoms with Crippen LogP contribution in [0.3, 0.4) is 0 Å². The van der Waals surface area contributed by atoms with Gasteiger partial charge in [0.05, 0.1) is 11.3 Å². The van der Waals surface area contributed by atoms with Crippen LogP contribution >= 0.6 is 0 Å². The number of hydrogen-bond donors (Lipinski definition) is 1. The molecule has 0 amide bonds. The first-order chi connectivity index (χ1) is 7.01. The Hall–Kier alpha value is -0.870. The van der Waals surface area contributed by atoms with Crippen molar-refractivity contribution in [3.05, 3.63) is 18.0 Å². The molecule has 1 aromatic rings. The first-order valence-electron chi connectivity index (χ1n) is 5.31.